The van der Waals surface area contributed by atoms with Gasteiger partial charge in [-0.2, -0.15) is 0 Å². The summed E-state index contributed by atoms with van der Waals surface area (Å²) in [5, 5.41) is 13.8. The fourth-order valence-corrected chi connectivity index (χ4v) is 3.94. The number of halogens is 1. The number of benzene rings is 1. The third kappa shape index (κ3) is 4.67. The predicted molar refractivity (Wildman–Crippen MR) is 138 cm³/mol. The summed E-state index contributed by atoms with van der Waals surface area (Å²) >= 11 is 0. The van der Waals surface area contributed by atoms with Gasteiger partial charge in [0.2, 0.25) is 5.88 Å². The fourth-order valence-electron chi connectivity index (χ4n) is 3.94. The lowest BCUT2D eigenvalue weighted by Crippen LogP contribution is -2.19. The molecule has 1 atom stereocenters. The molecule has 0 saturated carbocycles. The Hall–Kier alpha value is -4.90. The normalized spacial score (nSPS) is 11.9. The summed E-state index contributed by atoms with van der Waals surface area (Å²) in [6.45, 7) is 5.51. The zero-order chi connectivity index (χ0) is 26.1. The Morgan fingerprint density at radius 1 is 1.03 bits per heavy atom. The van der Waals surface area contributed by atoms with Crippen molar-refractivity contribution in [1.82, 2.24) is 29.5 Å². The van der Waals surface area contributed by atoms with Gasteiger partial charge in [0, 0.05) is 36.1 Å². The van der Waals surface area contributed by atoms with Gasteiger partial charge in [-0.25, -0.2) is 29.3 Å². The van der Waals surface area contributed by atoms with Crippen molar-refractivity contribution in [2.75, 3.05) is 11.1 Å². The molecule has 11 heteroatoms. The number of nitrogens with zero attached hydrogens (tertiary/aromatic N) is 6. The van der Waals surface area contributed by atoms with Crippen LogP contribution in [0.5, 0.6) is 11.9 Å². The summed E-state index contributed by atoms with van der Waals surface area (Å²) in [7, 11) is 1.90. The molecular weight excluding hydrogens is 475 g/mol. The Morgan fingerprint density at radius 2 is 1.73 bits per heavy atom. The van der Waals surface area contributed by atoms with Gasteiger partial charge in [-0.1, -0.05) is 18.7 Å². The fraction of sp³-hybridized carbons (Fsp3) is 0.115. The highest BCUT2D eigenvalue weighted by Gasteiger charge is 2.22. The van der Waals surface area contributed by atoms with E-state index in [0.717, 1.165) is 40.5 Å². The van der Waals surface area contributed by atoms with Crippen molar-refractivity contribution >= 4 is 22.5 Å². The van der Waals surface area contributed by atoms with Crippen LogP contribution in [0.4, 0.5) is 15.9 Å². The maximum absolute atomic E-state index is 13.1. The van der Waals surface area contributed by atoms with Crippen LogP contribution in [-0.4, -0.2) is 40.8 Å². The molecule has 5 aromatic rings. The molecule has 0 fully saturated rings. The number of aryl methyl sites for hydroxylation is 1. The lowest BCUT2D eigenvalue weighted by Gasteiger charge is -2.15. The van der Waals surface area contributed by atoms with E-state index in [1.54, 1.807) is 19.2 Å². The van der Waals surface area contributed by atoms with Crippen molar-refractivity contribution in [3.05, 3.63) is 79.3 Å². The lowest BCUT2D eigenvalue weighted by molar-refractivity contribution is 0.240. The number of hydrogen-bond acceptors (Lipinski definition) is 9. The molecule has 1 unspecified atom stereocenters. The van der Waals surface area contributed by atoms with Crippen LogP contribution in [0.3, 0.4) is 0 Å². The van der Waals surface area contributed by atoms with E-state index in [0.29, 0.717) is 22.4 Å². The van der Waals surface area contributed by atoms with Crippen LogP contribution in [0.25, 0.3) is 33.4 Å². The largest absolute Gasteiger partial charge is 0.405 e. The molecule has 5 rings (SSSR count). The summed E-state index contributed by atoms with van der Waals surface area (Å²) in [5.41, 5.74) is 11.6. The van der Waals surface area contributed by atoms with Gasteiger partial charge in [-0.05, 0) is 36.3 Å². The first-order chi connectivity index (χ1) is 17.8. The van der Waals surface area contributed by atoms with Crippen LogP contribution in [-0.2, 0) is 7.05 Å². The first kappa shape index (κ1) is 23.8. The predicted octanol–water partition coefficient (Wildman–Crippen LogP) is 4.31. The minimum absolute atomic E-state index is 0.0180. The average Bonchev–Trinajstić information content (AvgIpc) is 3.20. The molecule has 0 bridgehead atoms. The maximum Gasteiger partial charge on any atom is 0.323 e. The highest BCUT2D eigenvalue weighted by molar-refractivity contribution is 6.07. The topological polar surface area (TPSA) is 137 Å². The van der Waals surface area contributed by atoms with Crippen molar-refractivity contribution in [2.45, 2.75) is 13.2 Å². The second-order valence-corrected chi connectivity index (χ2v) is 8.38. The lowest BCUT2D eigenvalue weighted by atomic mass is 10.00. The van der Waals surface area contributed by atoms with Crippen molar-refractivity contribution < 1.29 is 14.2 Å². The highest BCUT2D eigenvalue weighted by atomic mass is 19.1. The summed E-state index contributed by atoms with van der Waals surface area (Å²) < 4.78 is 20.6. The Kier molecular flexibility index (Phi) is 6.20. The van der Waals surface area contributed by atoms with Crippen molar-refractivity contribution in [1.29, 1.82) is 0 Å². The van der Waals surface area contributed by atoms with E-state index in [2.05, 4.69) is 36.8 Å². The number of fused-ring (bicyclic) bond motifs is 1. The molecule has 4 N–H and O–H groups in total. The number of hydrogen-bond donors (Lipinski definition) is 3. The molecule has 0 aliphatic rings. The monoisotopic (exact) mass is 498 g/mol. The molecule has 186 valence electrons. The minimum atomic E-state index is -0.846. The van der Waals surface area contributed by atoms with E-state index < -0.39 is 12.0 Å². The molecule has 37 heavy (non-hydrogen) atoms. The van der Waals surface area contributed by atoms with E-state index >= 15 is 0 Å². The van der Waals surface area contributed by atoms with Crippen LogP contribution >= 0.6 is 0 Å². The van der Waals surface area contributed by atoms with Gasteiger partial charge in [-0.3, -0.25) is 0 Å². The third-order valence-electron chi connectivity index (χ3n) is 5.74. The highest BCUT2D eigenvalue weighted by Crippen LogP contribution is 2.41. The van der Waals surface area contributed by atoms with Gasteiger partial charge in [0.1, 0.15) is 24.0 Å². The smallest absolute Gasteiger partial charge is 0.323 e. The van der Waals surface area contributed by atoms with Crippen molar-refractivity contribution in [2.24, 2.45) is 7.05 Å². The number of ether oxygens (including phenoxy) is 1. The van der Waals surface area contributed by atoms with E-state index in [1.165, 1.54) is 6.33 Å². The van der Waals surface area contributed by atoms with E-state index in [-0.39, 0.29) is 11.9 Å². The molecule has 0 spiro atoms. The molecule has 1 aromatic carbocycles. The molecule has 0 saturated heterocycles. The molecule has 0 aliphatic heterocycles. The number of aliphatic hydroxyl groups excluding tert-OH is 1. The zero-order valence-corrected chi connectivity index (χ0v) is 20.1. The summed E-state index contributed by atoms with van der Waals surface area (Å²) in [4.78, 5) is 20.6. The SMILES string of the molecule is C=C(C)C(O)Nc1ccc(-c2c(-c3ccc(Oc4ncc(F)cn4)nc3)c3c(N)ncnc3n2C)cc1. The van der Waals surface area contributed by atoms with Gasteiger partial charge >= 0.3 is 6.01 Å². The zero-order valence-electron chi connectivity index (χ0n) is 20.1. The number of aromatic nitrogens is 6. The first-order valence-electron chi connectivity index (χ1n) is 11.2. The first-order valence-corrected chi connectivity index (χ1v) is 11.2. The molecule has 4 aromatic heterocycles. The molecule has 0 radical (unpaired) electrons. The standard InChI is InChI=1S/C26H23FN8O2/c1-14(2)25(36)34-18-7-4-15(5-8-18)22-20(21-23(28)32-13-33-24(21)35(22)3)16-6-9-19(29-10-16)37-26-30-11-17(27)12-31-26/h4-13,25,34,36H,1H2,2-3H3,(H2,28,32,33). The number of pyridine rings is 1. The molecule has 0 amide bonds. The van der Waals surface area contributed by atoms with Crippen molar-refractivity contribution in [3.63, 3.8) is 0 Å². The average molecular weight is 499 g/mol. The maximum atomic E-state index is 13.1. The quantitative estimate of drug-likeness (QED) is 0.221. The second-order valence-electron chi connectivity index (χ2n) is 8.38. The van der Waals surface area contributed by atoms with Gasteiger partial charge in [-0.15, -0.1) is 0 Å². The van der Waals surface area contributed by atoms with Crippen LogP contribution < -0.4 is 15.8 Å². The van der Waals surface area contributed by atoms with Crippen LogP contribution in [0.15, 0.2) is 73.5 Å². The number of anilines is 2. The second kappa shape index (κ2) is 9.63. The van der Waals surface area contributed by atoms with Gasteiger partial charge in [0.05, 0.1) is 23.5 Å². The Labute approximate surface area is 211 Å². The summed E-state index contributed by atoms with van der Waals surface area (Å²) in [6, 6.07) is 11.1. The molecule has 0 aliphatic carbocycles. The van der Waals surface area contributed by atoms with E-state index in [1.807, 2.05) is 41.9 Å². The van der Waals surface area contributed by atoms with E-state index in [4.69, 9.17) is 10.5 Å². The van der Waals surface area contributed by atoms with Crippen LogP contribution in [0.2, 0.25) is 0 Å². The molecular formula is C26H23FN8O2. The molecule has 10 nitrogen and oxygen atoms in total. The van der Waals surface area contributed by atoms with Crippen molar-refractivity contribution in [3.8, 4) is 34.3 Å². The number of aliphatic hydroxyl groups is 1. The number of rotatable bonds is 7. The summed E-state index contributed by atoms with van der Waals surface area (Å²) in [6.07, 6.45) is 4.25. The van der Waals surface area contributed by atoms with Gasteiger partial charge in [0.15, 0.2) is 5.82 Å². The Balaban J connectivity index is 1.56. The van der Waals surface area contributed by atoms with E-state index in [9.17, 15) is 9.50 Å². The number of nitrogen functional groups attached to an aromatic ring is 1. The van der Waals surface area contributed by atoms with Gasteiger partial charge < -0.3 is 25.5 Å². The third-order valence-corrected chi connectivity index (χ3v) is 5.74. The molecule has 4 heterocycles. The van der Waals surface area contributed by atoms with Crippen LogP contribution in [0, 0.1) is 5.82 Å². The Morgan fingerprint density at radius 3 is 2.38 bits per heavy atom. The van der Waals surface area contributed by atoms with Crippen LogP contribution in [0.1, 0.15) is 6.92 Å². The Bertz CT molecular complexity index is 1580. The summed E-state index contributed by atoms with van der Waals surface area (Å²) in [5.74, 6) is 0.0207. The van der Waals surface area contributed by atoms with Gasteiger partial charge in [0.25, 0.3) is 0 Å². The number of nitrogens with two attached hydrogens (primary N) is 1. The minimum Gasteiger partial charge on any atom is -0.405 e. The number of nitrogens with one attached hydrogen (secondary N) is 1.